The van der Waals surface area contributed by atoms with Crippen molar-refractivity contribution in [2.24, 2.45) is 0 Å². The van der Waals surface area contributed by atoms with Crippen molar-refractivity contribution in [3.05, 3.63) is 76.5 Å². The normalized spacial score (nSPS) is 10.6. The molecule has 0 aliphatic carbocycles. The van der Waals surface area contributed by atoms with Crippen molar-refractivity contribution >= 4 is 28.3 Å². The molecule has 33 heavy (non-hydrogen) atoms. The van der Waals surface area contributed by atoms with Crippen LogP contribution in [-0.2, 0) is 6.42 Å². The summed E-state index contributed by atoms with van der Waals surface area (Å²) in [5.41, 5.74) is 2.11. The Labute approximate surface area is 193 Å². The minimum atomic E-state index is -0.373. The summed E-state index contributed by atoms with van der Waals surface area (Å²) >= 11 is 1.24. The lowest BCUT2D eigenvalue weighted by Crippen LogP contribution is -2.25. The molecule has 9 nitrogen and oxygen atoms in total. The van der Waals surface area contributed by atoms with Crippen LogP contribution in [0.25, 0.3) is 11.3 Å². The lowest BCUT2D eigenvalue weighted by Gasteiger charge is -2.05. The van der Waals surface area contributed by atoms with Crippen LogP contribution >= 0.6 is 11.3 Å². The summed E-state index contributed by atoms with van der Waals surface area (Å²) in [6.45, 7) is 2.06. The van der Waals surface area contributed by atoms with Gasteiger partial charge in [0.05, 0.1) is 7.11 Å². The van der Waals surface area contributed by atoms with Crippen LogP contribution in [0, 0.1) is 6.92 Å². The number of anilines is 1. The van der Waals surface area contributed by atoms with E-state index in [2.05, 4.69) is 26.0 Å². The minimum Gasteiger partial charge on any atom is -0.497 e. The SMILES string of the molecule is COc1cccc(C(=O)NCCc2nnc(NC(=O)c3c(-c4ccccc4)noc3C)s2)c1. The Morgan fingerprint density at radius 3 is 2.67 bits per heavy atom. The number of ether oxygens (including phenoxy) is 1. The van der Waals surface area contributed by atoms with E-state index >= 15 is 0 Å². The van der Waals surface area contributed by atoms with E-state index < -0.39 is 0 Å². The first-order chi connectivity index (χ1) is 16.0. The molecular weight excluding hydrogens is 442 g/mol. The standard InChI is InChI=1S/C23H21N5O4S/c1-14-19(20(28-32-14)15-7-4-3-5-8-15)22(30)25-23-27-26-18(33-23)11-12-24-21(29)16-9-6-10-17(13-16)31-2/h3-10,13H,11-12H2,1-2H3,(H,24,29)(H,25,27,30). The van der Waals surface area contributed by atoms with Gasteiger partial charge < -0.3 is 14.6 Å². The Hall–Kier alpha value is -4.05. The summed E-state index contributed by atoms with van der Waals surface area (Å²) in [5.74, 6) is 0.451. The van der Waals surface area contributed by atoms with Crippen LogP contribution in [0.15, 0.2) is 59.1 Å². The summed E-state index contributed by atoms with van der Waals surface area (Å²) < 4.78 is 10.4. The number of nitrogens with one attached hydrogen (secondary N) is 2. The van der Waals surface area contributed by atoms with Gasteiger partial charge in [-0.2, -0.15) is 0 Å². The molecule has 0 fully saturated rings. The predicted molar refractivity (Wildman–Crippen MR) is 124 cm³/mol. The van der Waals surface area contributed by atoms with Crippen LogP contribution in [0.4, 0.5) is 5.13 Å². The van der Waals surface area contributed by atoms with E-state index in [1.54, 1.807) is 38.3 Å². The quantitative estimate of drug-likeness (QED) is 0.409. The largest absolute Gasteiger partial charge is 0.497 e. The maximum absolute atomic E-state index is 12.9. The average Bonchev–Trinajstić information content (AvgIpc) is 3.45. The number of methoxy groups -OCH3 is 1. The van der Waals surface area contributed by atoms with Crippen LogP contribution < -0.4 is 15.4 Å². The van der Waals surface area contributed by atoms with Gasteiger partial charge in [0, 0.05) is 24.1 Å². The van der Waals surface area contributed by atoms with Gasteiger partial charge in [-0.05, 0) is 25.1 Å². The molecule has 2 aromatic heterocycles. The number of aromatic nitrogens is 3. The molecule has 0 bridgehead atoms. The maximum atomic E-state index is 12.9. The molecule has 4 rings (SSSR count). The Morgan fingerprint density at radius 1 is 1.06 bits per heavy atom. The topological polar surface area (TPSA) is 119 Å². The molecule has 4 aromatic rings. The highest BCUT2D eigenvalue weighted by Gasteiger charge is 2.22. The molecule has 0 atom stereocenters. The molecule has 0 saturated heterocycles. The van der Waals surface area contributed by atoms with E-state index in [0.717, 1.165) is 5.56 Å². The van der Waals surface area contributed by atoms with Crippen LogP contribution in [0.5, 0.6) is 5.75 Å². The lowest BCUT2D eigenvalue weighted by atomic mass is 10.1. The third kappa shape index (κ3) is 5.24. The number of hydrogen-bond donors (Lipinski definition) is 2. The van der Waals surface area contributed by atoms with E-state index in [0.29, 0.717) is 51.4 Å². The molecule has 2 amide bonds. The molecular formula is C23H21N5O4S. The zero-order chi connectivity index (χ0) is 23.2. The fourth-order valence-corrected chi connectivity index (χ4v) is 3.88. The third-order valence-corrected chi connectivity index (χ3v) is 5.68. The summed E-state index contributed by atoms with van der Waals surface area (Å²) in [7, 11) is 1.55. The monoisotopic (exact) mass is 463 g/mol. The second-order valence-electron chi connectivity index (χ2n) is 7.02. The van der Waals surface area contributed by atoms with Crippen molar-refractivity contribution in [3.63, 3.8) is 0 Å². The number of aryl methyl sites for hydroxylation is 1. The highest BCUT2D eigenvalue weighted by Crippen LogP contribution is 2.26. The first kappa shape index (κ1) is 22.2. The molecule has 0 spiro atoms. The molecule has 2 aromatic carbocycles. The second kappa shape index (κ2) is 10.0. The van der Waals surface area contributed by atoms with Crippen molar-refractivity contribution in [2.45, 2.75) is 13.3 Å². The number of benzene rings is 2. The van der Waals surface area contributed by atoms with Crippen molar-refractivity contribution in [3.8, 4) is 17.0 Å². The van der Waals surface area contributed by atoms with Gasteiger partial charge in [0.1, 0.15) is 27.8 Å². The Balaban J connectivity index is 1.35. The number of carbonyl (C=O) groups excluding carboxylic acids is 2. The number of amides is 2. The molecule has 0 saturated carbocycles. The van der Waals surface area contributed by atoms with Crippen molar-refractivity contribution in [2.75, 3.05) is 19.0 Å². The van der Waals surface area contributed by atoms with Gasteiger partial charge in [0.15, 0.2) is 0 Å². The van der Waals surface area contributed by atoms with Gasteiger partial charge in [-0.15, -0.1) is 10.2 Å². The Bertz CT molecular complexity index is 1270. The Morgan fingerprint density at radius 2 is 1.88 bits per heavy atom. The van der Waals surface area contributed by atoms with Crippen molar-refractivity contribution in [1.82, 2.24) is 20.7 Å². The van der Waals surface area contributed by atoms with Crippen LogP contribution in [0.3, 0.4) is 0 Å². The zero-order valence-electron chi connectivity index (χ0n) is 18.0. The smallest absolute Gasteiger partial charge is 0.263 e. The summed E-state index contributed by atoms with van der Waals surface area (Å²) in [6.07, 6.45) is 0.477. The van der Waals surface area contributed by atoms with Gasteiger partial charge >= 0.3 is 0 Å². The number of rotatable bonds is 8. The second-order valence-corrected chi connectivity index (χ2v) is 8.08. The average molecular weight is 464 g/mol. The molecule has 0 aliphatic rings. The highest BCUT2D eigenvalue weighted by atomic mass is 32.1. The molecule has 2 N–H and O–H groups in total. The number of carbonyl (C=O) groups is 2. The molecule has 0 aliphatic heterocycles. The Kier molecular flexibility index (Phi) is 6.75. The van der Waals surface area contributed by atoms with Gasteiger partial charge in [0.2, 0.25) is 5.13 Å². The fraction of sp³-hybridized carbons (Fsp3) is 0.174. The van der Waals surface area contributed by atoms with E-state index in [9.17, 15) is 9.59 Å². The zero-order valence-corrected chi connectivity index (χ0v) is 18.8. The van der Waals surface area contributed by atoms with Crippen LogP contribution in [-0.4, -0.2) is 40.8 Å². The first-order valence-electron chi connectivity index (χ1n) is 10.1. The van der Waals surface area contributed by atoms with Gasteiger partial charge in [-0.1, -0.05) is 52.9 Å². The fourth-order valence-electron chi connectivity index (χ4n) is 3.15. The minimum absolute atomic E-state index is 0.205. The van der Waals surface area contributed by atoms with E-state index in [1.165, 1.54) is 11.3 Å². The summed E-state index contributed by atoms with van der Waals surface area (Å²) in [4.78, 5) is 25.2. The number of nitrogens with zero attached hydrogens (tertiary/aromatic N) is 3. The predicted octanol–water partition coefficient (Wildman–Crippen LogP) is 3.73. The summed E-state index contributed by atoms with van der Waals surface area (Å²) in [5, 5.41) is 18.8. The van der Waals surface area contributed by atoms with E-state index in [1.807, 2.05) is 30.3 Å². The molecule has 10 heteroatoms. The van der Waals surface area contributed by atoms with Gasteiger partial charge in [0.25, 0.3) is 11.8 Å². The van der Waals surface area contributed by atoms with Gasteiger partial charge in [-0.3, -0.25) is 14.9 Å². The third-order valence-electron chi connectivity index (χ3n) is 4.78. The lowest BCUT2D eigenvalue weighted by molar-refractivity contribution is 0.0952. The van der Waals surface area contributed by atoms with Crippen LogP contribution in [0.2, 0.25) is 0 Å². The molecule has 0 radical (unpaired) electrons. The first-order valence-corrected chi connectivity index (χ1v) is 10.9. The van der Waals surface area contributed by atoms with E-state index in [-0.39, 0.29) is 11.8 Å². The molecule has 2 heterocycles. The van der Waals surface area contributed by atoms with Crippen molar-refractivity contribution < 1.29 is 18.8 Å². The summed E-state index contributed by atoms with van der Waals surface area (Å²) in [6, 6.07) is 16.3. The van der Waals surface area contributed by atoms with Crippen molar-refractivity contribution in [1.29, 1.82) is 0 Å². The maximum Gasteiger partial charge on any atom is 0.263 e. The van der Waals surface area contributed by atoms with E-state index in [4.69, 9.17) is 9.26 Å². The number of hydrogen-bond acceptors (Lipinski definition) is 8. The molecule has 168 valence electrons. The van der Waals surface area contributed by atoms with Gasteiger partial charge in [-0.25, -0.2) is 0 Å². The molecule has 0 unspecified atom stereocenters. The van der Waals surface area contributed by atoms with Crippen LogP contribution in [0.1, 0.15) is 31.5 Å². The highest BCUT2D eigenvalue weighted by molar-refractivity contribution is 7.15.